The average molecular weight is 641 g/mol. The Kier molecular flexibility index (Phi) is 14.4. The second-order valence-electron chi connectivity index (χ2n) is 11.2. The number of anilines is 1. The van der Waals surface area contributed by atoms with Gasteiger partial charge in [0.25, 0.3) is 5.91 Å². The minimum Gasteiger partial charge on any atom is -0.493 e. The Balaban J connectivity index is 1.81. The van der Waals surface area contributed by atoms with Gasteiger partial charge >= 0.3 is 0 Å². The summed E-state index contributed by atoms with van der Waals surface area (Å²) in [6, 6.07) is 26.8. The van der Waals surface area contributed by atoms with E-state index < -0.39 is 0 Å². The van der Waals surface area contributed by atoms with Crippen molar-refractivity contribution in [2.75, 3.05) is 51.4 Å². The SMILES string of the molecule is CCCCOc1cc(OCCCN)cc(-c2cc(NC(=O)c3ccccc3)cc(-c3cc(OCCCN)cc(OCCCN)c3)c2)c1. The van der Waals surface area contributed by atoms with Crippen LogP contribution >= 0.6 is 0 Å². The van der Waals surface area contributed by atoms with Gasteiger partial charge in [0.05, 0.1) is 26.4 Å². The number of unbranched alkanes of at least 4 members (excludes halogenated alkanes) is 1. The number of carbonyl (C=O) groups excluding carboxylic acids is 1. The number of rotatable bonds is 20. The highest BCUT2D eigenvalue weighted by Crippen LogP contribution is 2.37. The van der Waals surface area contributed by atoms with Crippen molar-refractivity contribution in [1.29, 1.82) is 0 Å². The van der Waals surface area contributed by atoms with Gasteiger partial charge in [-0.05, 0) is 122 Å². The molecule has 0 spiro atoms. The van der Waals surface area contributed by atoms with Crippen LogP contribution in [-0.2, 0) is 0 Å². The summed E-state index contributed by atoms with van der Waals surface area (Å²) in [5, 5.41) is 3.10. The minimum absolute atomic E-state index is 0.208. The summed E-state index contributed by atoms with van der Waals surface area (Å²) in [4.78, 5) is 13.3. The predicted molar refractivity (Wildman–Crippen MR) is 190 cm³/mol. The number of nitrogens with two attached hydrogens (primary N) is 3. The van der Waals surface area contributed by atoms with Crippen molar-refractivity contribution in [2.45, 2.75) is 39.0 Å². The van der Waals surface area contributed by atoms with Crippen LogP contribution in [0.25, 0.3) is 22.3 Å². The highest BCUT2D eigenvalue weighted by atomic mass is 16.5. The van der Waals surface area contributed by atoms with Crippen LogP contribution in [-0.4, -0.2) is 52.0 Å². The molecule has 9 heteroatoms. The van der Waals surface area contributed by atoms with Crippen LogP contribution in [0, 0.1) is 0 Å². The summed E-state index contributed by atoms with van der Waals surface area (Å²) in [5.74, 6) is 2.53. The Morgan fingerprint density at radius 3 is 1.36 bits per heavy atom. The van der Waals surface area contributed by atoms with Crippen molar-refractivity contribution in [2.24, 2.45) is 17.2 Å². The molecular weight excluding hydrogens is 592 g/mol. The number of nitrogens with one attached hydrogen (secondary N) is 1. The highest BCUT2D eigenvalue weighted by Gasteiger charge is 2.14. The van der Waals surface area contributed by atoms with Crippen LogP contribution in [0.3, 0.4) is 0 Å². The fourth-order valence-electron chi connectivity index (χ4n) is 4.79. The molecule has 0 unspecified atom stereocenters. The first-order valence-corrected chi connectivity index (χ1v) is 16.5. The smallest absolute Gasteiger partial charge is 0.255 e. The van der Waals surface area contributed by atoms with Crippen LogP contribution in [0.4, 0.5) is 5.69 Å². The largest absolute Gasteiger partial charge is 0.493 e. The van der Waals surface area contributed by atoms with Crippen LogP contribution in [0.1, 0.15) is 49.4 Å². The van der Waals surface area contributed by atoms with E-state index in [0.29, 0.717) is 80.3 Å². The lowest BCUT2D eigenvalue weighted by molar-refractivity contribution is 0.102. The molecule has 0 radical (unpaired) electrons. The van der Waals surface area contributed by atoms with Gasteiger partial charge in [-0.15, -0.1) is 0 Å². The van der Waals surface area contributed by atoms with Gasteiger partial charge in [0.15, 0.2) is 0 Å². The van der Waals surface area contributed by atoms with Crippen molar-refractivity contribution in [3.63, 3.8) is 0 Å². The molecule has 0 fully saturated rings. The lowest BCUT2D eigenvalue weighted by Crippen LogP contribution is -2.11. The Hall–Kier alpha value is -4.57. The van der Waals surface area contributed by atoms with Gasteiger partial charge in [0.2, 0.25) is 0 Å². The first-order chi connectivity index (χ1) is 23.0. The molecule has 250 valence electrons. The first kappa shape index (κ1) is 35.3. The third kappa shape index (κ3) is 11.3. The Labute approximate surface area is 278 Å². The summed E-state index contributed by atoms with van der Waals surface area (Å²) in [7, 11) is 0. The van der Waals surface area contributed by atoms with Crippen LogP contribution in [0.2, 0.25) is 0 Å². The zero-order chi connectivity index (χ0) is 33.3. The van der Waals surface area contributed by atoms with Crippen molar-refractivity contribution in [3.05, 3.63) is 90.5 Å². The summed E-state index contributed by atoms with van der Waals surface area (Å²) in [6.45, 7) is 5.80. The van der Waals surface area contributed by atoms with Crippen molar-refractivity contribution >= 4 is 11.6 Å². The molecule has 0 saturated heterocycles. The van der Waals surface area contributed by atoms with E-state index in [1.54, 1.807) is 12.1 Å². The second kappa shape index (κ2) is 19.2. The van der Waals surface area contributed by atoms with Gasteiger partial charge in [-0.2, -0.15) is 0 Å². The zero-order valence-corrected chi connectivity index (χ0v) is 27.3. The maximum absolute atomic E-state index is 13.3. The molecule has 47 heavy (non-hydrogen) atoms. The molecular formula is C38H48N4O5. The standard InChI is InChI=1S/C38H48N4O5/c1-2-3-15-44-34-22-31(23-35(26-34)45-16-7-12-39)29-19-30(21-33(20-29)42-38(43)28-10-5-4-6-11-28)32-24-36(46-17-8-13-40)27-37(25-32)47-18-9-14-41/h4-6,10-11,19-27H,2-3,7-9,12-18,39-41H2,1H3,(H,42,43). The van der Waals surface area contributed by atoms with Crippen LogP contribution in [0.15, 0.2) is 84.9 Å². The summed E-state index contributed by atoms with van der Waals surface area (Å²) < 4.78 is 24.3. The van der Waals surface area contributed by atoms with E-state index in [-0.39, 0.29) is 5.91 Å². The molecule has 0 heterocycles. The van der Waals surface area contributed by atoms with Crippen LogP contribution in [0.5, 0.6) is 23.0 Å². The lowest BCUT2D eigenvalue weighted by atomic mass is 9.97. The number of carbonyl (C=O) groups is 1. The van der Waals surface area contributed by atoms with Gasteiger partial charge in [-0.1, -0.05) is 31.5 Å². The van der Waals surface area contributed by atoms with Gasteiger partial charge in [-0.25, -0.2) is 0 Å². The van der Waals surface area contributed by atoms with Crippen molar-refractivity contribution in [3.8, 4) is 45.3 Å². The predicted octanol–water partition coefficient (Wildman–Crippen LogP) is 6.63. The molecule has 0 aliphatic rings. The number of ether oxygens (including phenoxy) is 4. The van der Waals surface area contributed by atoms with E-state index in [1.807, 2.05) is 66.7 Å². The third-order valence-corrected chi connectivity index (χ3v) is 7.27. The zero-order valence-electron chi connectivity index (χ0n) is 27.3. The van der Waals surface area contributed by atoms with E-state index >= 15 is 0 Å². The number of hydrogen-bond donors (Lipinski definition) is 4. The maximum atomic E-state index is 13.3. The Morgan fingerprint density at radius 1 is 0.553 bits per heavy atom. The molecule has 0 aliphatic heterocycles. The molecule has 0 atom stereocenters. The number of amides is 1. The summed E-state index contributed by atoms with van der Waals surface area (Å²) >= 11 is 0. The van der Waals surface area contributed by atoms with Crippen molar-refractivity contribution < 1.29 is 23.7 Å². The molecule has 0 aliphatic carbocycles. The van der Waals surface area contributed by atoms with Crippen molar-refractivity contribution in [1.82, 2.24) is 0 Å². The highest BCUT2D eigenvalue weighted by molar-refractivity contribution is 6.05. The minimum atomic E-state index is -0.208. The summed E-state index contributed by atoms with van der Waals surface area (Å²) in [5.41, 5.74) is 21.8. The topological polar surface area (TPSA) is 144 Å². The van der Waals surface area contributed by atoms with Gasteiger partial charge in [-0.3, -0.25) is 4.79 Å². The average Bonchev–Trinajstić information content (AvgIpc) is 3.09. The Morgan fingerprint density at radius 2 is 0.957 bits per heavy atom. The normalized spacial score (nSPS) is 10.8. The van der Waals surface area contributed by atoms with E-state index in [2.05, 4.69) is 18.3 Å². The molecule has 1 amide bonds. The monoisotopic (exact) mass is 640 g/mol. The van der Waals surface area contributed by atoms with Crippen LogP contribution < -0.4 is 41.5 Å². The lowest BCUT2D eigenvalue weighted by Gasteiger charge is -2.16. The molecule has 7 N–H and O–H groups in total. The number of benzene rings is 4. The fourth-order valence-corrected chi connectivity index (χ4v) is 4.79. The molecule has 0 saturated carbocycles. The molecule has 9 nitrogen and oxygen atoms in total. The van der Waals surface area contributed by atoms with E-state index in [0.717, 1.165) is 54.4 Å². The van der Waals surface area contributed by atoms with E-state index in [4.69, 9.17) is 36.1 Å². The molecule has 4 aromatic rings. The quantitative estimate of drug-likeness (QED) is 0.0788. The molecule has 4 rings (SSSR count). The second-order valence-corrected chi connectivity index (χ2v) is 11.2. The number of hydrogen-bond acceptors (Lipinski definition) is 8. The molecule has 0 bridgehead atoms. The molecule has 0 aromatic heterocycles. The van der Waals surface area contributed by atoms with Gasteiger partial charge < -0.3 is 41.5 Å². The van der Waals surface area contributed by atoms with E-state index in [1.165, 1.54) is 0 Å². The summed E-state index contributed by atoms with van der Waals surface area (Å²) in [6.07, 6.45) is 4.16. The fraction of sp³-hybridized carbons (Fsp3) is 0.342. The molecule has 4 aromatic carbocycles. The van der Waals surface area contributed by atoms with Gasteiger partial charge in [0.1, 0.15) is 23.0 Å². The first-order valence-electron chi connectivity index (χ1n) is 16.5. The van der Waals surface area contributed by atoms with E-state index in [9.17, 15) is 4.79 Å². The Bertz CT molecular complexity index is 1400. The van der Waals surface area contributed by atoms with Gasteiger partial charge in [0, 0.05) is 23.4 Å². The third-order valence-electron chi connectivity index (χ3n) is 7.27. The maximum Gasteiger partial charge on any atom is 0.255 e.